The van der Waals surface area contributed by atoms with Crippen LogP contribution in [-0.4, -0.2) is 32.2 Å². The highest BCUT2D eigenvalue weighted by molar-refractivity contribution is 7.91. The highest BCUT2D eigenvalue weighted by Gasteiger charge is 2.27. The number of hydrogen-bond donors (Lipinski definition) is 0. The van der Waals surface area contributed by atoms with E-state index in [0.29, 0.717) is 17.5 Å². The van der Waals surface area contributed by atoms with Crippen LogP contribution in [0.5, 0.6) is 0 Å². The zero-order valence-electron chi connectivity index (χ0n) is 11.8. The van der Waals surface area contributed by atoms with Gasteiger partial charge in [-0.1, -0.05) is 18.2 Å². The van der Waals surface area contributed by atoms with Crippen LogP contribution in [0.1, 0.15) is 24.4 Å². The molecule has 0 bridgehead atoms. The lowest BCUT2D eigenvalue weighted by Crippen LogP contribution is -2.29. The van der Waals surface area contributed by atoms with Gasteiger partial charge in [0, 0.05) is 12.6 Å². The molecule has 0 spiro atoms. The van der Waals surface area contributed by atoms with Gasteiger partial charge < -0.3 is 0 Å². The van der Waals surface area contributed by atoms with Gasteiger partial charge in [0.2, 0.25) is 0 Å². The molecule has 5 heteroatoms. The summed E-state index contributed by atoms with van der Waals surface area (Å²) in [5, 5.41) is 4.27. The summed E-state index contributed by atoms with van der Waals surface area (Å²) in [6, 6.07) is 11.3. The molecule has 21 heavy (non-hydrogen) atoms. The molecule has 0 N–H and O–H groups in total. The molecule has 1 fully saturated rings. The normalized spacial score (nSPS) is 19.9. The lowest BCUT2D eigenvalue weighted by Gasteiger charge is -2.23. The smallest absolute Gasteiger partial charge is 0.179 e. The predicted molar refractivity (Wildman–Crippen MR) is 86.4 cm³/mol. The molecule has 3 rings (SSSR count). The minimum absolute atomic E-state index is 0.192. The highest BCUT2D eigenvalue weighted by Crippen LogP contribution is 2.32. The first-order valence-electron chi connectivity index (χ1n) is 7.21. The van der Waals surface area contributed by atoms with Crippen molar-refractivity contribution in [1.29, 1.82) is 0 Å². The monoisotopic (exact) mass is 321 g/mol. The van der Waals surface area contributed by atoms with Crippen LogP contribution in [-0.2, 0) is 9.84 Å². The molecule has 0 unspecified atom stereocenters. The number of nitrogens with zero attached hydrogens (tertiary/aromatic N) is 1. The van der Waals surface area contributed by atoms with Gasteiger partial charge in [0.25, 0.3) is 0 Å². The Bertz CT molecular complexity index is 666. The fraction of sp³-hybridized carbons (Fsp3) is 0.375. The largest absolute Gasteiger partial charge is 0.295 e. The third-order valence-corrected chi connectivity index (χ3v) is 6.45. The summed E-state index contributed by atoms with van der Waals surface area (Å²) < 4.78 is 24.7. The van der Waals surface area contributed by atoms with Crippen molar-refractivity contribution in [2.75, 3.05) is 18.8 Å². The van der Waals surface area contributed by atoms with Crippen LogP contribution in [0, 0.1) is 0 Å². The van der Waals surface area contributed by atoms with E-state index in [-0.39, 0.29) is 5.75 Å². The SMILES string of the molecule is O=S(=O)(CCN1CCC[C@H]1c1ccsc1)c1ccccc1. The first-order valence-corrected chi connectivity index (χ1v) is 9.80. The average molecular weight is 321 g/mol. The van der Waals surface area contributed by atoms with E-state index in [2.05, 4.69) is 21.7 Å². The van der Waals surface area contributed by atoms with Crippen LogP contribution >= 0.6 is 11.3 Å². The van der Waals surface area contributed by atoms with Crippen molar-refractivity contribution in [3.8, 4) is 0 Å². The third-order valence-electron chi connectivity index (χ3n) is 4.04. The van der Waals surface area contributed by atoms with Gasteiger partial charge in [-0.15, -0.1) is 0 Å². The maximum absolute atomic E-state index is 12.4. The standard InChI is InChI=1S/C16H19NO2S2/c18-21(19,15-5-2-1-3-6-15)12-10-17-9-4-7-16(17)14-8-11-20-13-14/h1-3,5-6,8,11,13,16H,4,7,9-10,12H2/t16-/m0/s1. The molecule has 112 valence electrons. The summed E-state index contributed by atoms with van der Waals surface area (Å²) in [6.07, 6.45) is 2.27. The summed E-state index contributed by atoms with van der Waals surface area (Å²) in [7, 11) is -3.18. The van der Waals surface area contributed by atoms with E-state index in [1.807, 2.05) is 6.07 Å². The number of hydrogen-bond acceptors (Lipinski definition) is 4. The highest BCUT2D eigenvalue weighted by atomic mass is 32.2. The first-order chi connectivity index (χ1) is 10.2. The van der Waals surface area contributed by atoms with Gasteiger partial charge in [-0.3, -0.25) is 4.90 Å². The molecule has 1 atom stereocenters. The molecule has 1 aliphatic heterocycles. The second kappa shape index (κ2) is 6.30. The van der Waals surface area contributed by atoms with E-state index in [4.69, 9.17) is 0 Å². The van der Waals surface area contributed by atoms with Crippen molar-refractivity contribution in [1.82, 2.24) is 4.90 Å². The van der Waals surface area contributed by atoms with Crippen LogP contribution in [0.15, 0.2) is 52.1 Å². The molecular formula is C16H19NO2S2. The van der Waals surface area contributed by atoms with Gasteiger partial charge in [0.05, 0.1) is 10.6 Å². The van der Waals surface area contributed by atoms with Crippen molar-refractivity contribution in [3.63, 3.8) is 0 Å². The molecule has 0 saturated carbocycles. The van der Waals surface area contributed by atoms with Crippen molar-refractivity contribution in [3.05, 3.63) is 52.7 Å². The molecular weight excluding hydrogens is 302 g/mol. The summed E-state index contributed by atoms with van der Waals surface area (Å²) in [5.41, 5.74) is 1.33. The molecule has 1 aromatic carbocycles. The maximum Gasteiger partial charge on any atom is 0.179 e. The minimum atomic E-state index is -3.18. The topological polar surface area (TPSA) is 37.4 Å². The molecule has 0 aliphatic carbocycles. The molecule has 3 nitrogen and oxygen atoms in total. The van der Waals surface area contributed by atoms with Crippen molar-refractivity contribution in [2.24, 2.45) is 0 Å². The summed E-state index contributed by atoms with van der Waals surface area (Å²) in [6.45, 7) is 1.60. The number of sulfone groups is 1. The fourth-order valence-electron chi connectivity index (χ4n) is 2.92. The van der Waals surface area contributed by atoms with Crippen molar-refractivity contribution < 1.29 is 8.42 Å². The van der Waals surface area contributed by atoms with Gasteiger partial charge in [-0.2, -0.15) is 11.3 Å². The first kappa shape index (κ1) is 14.8. The predicted octanol–water partition coefficient (Wildman–Crippen LogP) is 3.36. The quantitative estimate of drug-likeness (QED) is 0.847. The van der Waals surface area contributed by atoms with Gasteiger partial charge in [-0.25, -0.2) is 8.42 Å². The molecule has 0 radical (unpaired) electrons. The molecule has 0 amide bonds. The maximum atomic E-state index is 12.4. The third kappa shape index (κ3) is 3.36. The van der Waals surface area contributed by atoms with Crippen molar-refractivity contribution in [2.45, 2.75) is 23.8 Å². The van der Waals surface area contributed by atoms with Crippen LogP contribution in [0.3, 0.4) is 0 Å². The Morgan fingerprint density at radius 3 is 2.71 bits per heavy atom. The van der Waals surface area contributed by atoms with Gasteiger partial charge in [0.1, 0.15) is 0 Å². The number of rotatable bonds is 5. The molecule has 2 heterocycles. The second-order valence-corrected chi connectivity index (χ2v) is 8.27. The van der Waals surface area contributed by atoms with E-state index in [0.717, 1.165) is 19.4 Å². The zero-order valence-corrected chi connectivity index (χ0v) is 13.4. The fourth-order valence-corrected chi connectivity index (χ4v) is 4.91. The lowest BCUT2D eigenvalue weighted by molar-refractivity contribution is 0.273. The Morgan fingerprint density at radius 1 is 1.19 bits per heavy atom. The van der Waals surface area contributed by atoms with E-state index in [1.54, 1.807) is 35.6 Å². The lowest BCUT2D eigenvalue weighted by atomic mass is 10.1. The molecule has 1 aromatic heterocycles. The molecule has 2 aromatic rings. The Labute approximate surface area is 130 Å². The molecule has 1 saturated heterocycles. The summed E-state index contributed by atoms with van der Waals surface area (Å²) in [4.78, 5) is 2.74. The number of thiophene rings is 1. The van der Waals surface area contributed by atoms with E-state index in [9.17, 15) is 8.42 Å². The Morgan fingerprint density at radius 2 is 2.00 bits per heavy atom. The van der Waals surface area contributed by atoms with Crippen LogP contribution in [0.4, 0.5) is 0 Å². The van der Waals surface area contributed by atoms with Gasteiger partial charge in [-0.05, 0) is 53.9 Å². The zero-order chi connectivity index (χ0) is 14.7. The van der Waals surface area contributed by atoms with Crippen LogP contribution in [0.25, 0.3) is 0 Å². The summed E-state index contributed by atoms with van der Waals surface area (Å²) >= 11 is 1.70. The van der Waals surface area contributed by atoms with Gasteiger partial charge >= 0.3 is 0 Å². The van der Waals surface area contributed by atoms with Gasteiger partial charge in [0.15, 0.2) is 9.84 Å². The Hall–Kier alpha value is -1.17. The molecule has 1 aliphatic rings. The van der Waals surface area contributed by atoms with Crippen LogP contribution < -0.4 is 0 Å². The van der Waals surface area contributed by atoms with E-state index >= 15 is 0 Å². The minimum Gasteiger partial charge on any atom is -0.295 e. The second-order valence-electron chi connectivity index (χ2n) is 5.38. The van der Waals surface area contributed by atoms with Crippen molar-refractivity contribution >= 4 is 21.2 Å². The van der Waals surface area contributed by atoms with Crippen LogP contribution in [0.2, 0.25) is 0 Å². The Balaban J connectivity index is 1.67. The summed E-state index contributed by atoms with van der Waals surface area (Å²) in [5.74, 6) is 0.192. The average Bonchev–Trinajstić information content (AvgIpc) is 3.17. The van der Waals surface area contributed by atoms with E-state index < -0.39 is 9.84 Å². The van der Waals surface area contributed by atoms with E-state index in [1.165, 1.54) is 5.56 Å². The Kier molecular flexibility index (Phi) is 4.42. The number of likely N-dealkylation sites (tertiary alicyclic amines) is 1. The number of benzene rings is 1.